The lowest BCUT2D eigenvalue weighted by Gasteiger charge is -2.39. The summed E-state index contributed by atoms with van der Waals surface area (Å²) in [7, 11) is 0. The Morgan fingerprint density at radius 2 is 1.82 bits per heavy atom. The third-order valence-electron chi connectivity index (χ3n) is 4.66. The molecule has 0 aromatic heterocycles. The molecule has 0 aromatic carbocycles. The van der Waals surface area contributed by atoms with Crippen molar-refractivity contribution in [3.63, 3.8) is 0 Å². The van der Waals surface area contributed by atoms with E-state index in [1.54, 1.807) is 0 Å². The minimum atomic E-state index is 0.270. The van der Waals surface area contributed by atoms with Crippen LogP contribution in [0.5, 0.6) is 0 Å². The summed E-state index contributed by atoms with van der Waals surface area (Å²) in [5.74, 6) is 0.806. The van der Waals surface area contributed by atoms with Gasteiger partial charge in [0.15, 0.2) is 0 Å². The van der Waals surface area contributed by atoms with Gasteiger partial charge in [-0.3, -0.25) is 0 Å². The number of hydrogen-bond acceptors (Lipinski definition) is 2. The minimum Gasteiger partial charge on any atom is -0.376 e. The maximum absolute atomic E-state index is 6.19. The molecule has 0 radical (unpaired) electrons. The lowest BCUT2D eigenvalue weighted by molar-refractivity contribution is -0.0374. The molecule has 2 nitrogen and oxygen atoms in total. The van der Waals surface area contributed by atoms with Crippen molar-refractivity contribution in [1.29, 1.82) is 0 Å². The van der Waals surface area contributed by atoms with Gasteiger partial charge >= 0.3 is 0 Å². The third kappa shape index (κ3) is 3.96. The fourth-order valence-corrected chi connectivity index (χ4v) is 3.34. The Labute approximate surface area is 106 Å². The van der Waals surface area contributed by atoms with Gasteiger partial charge in [0.1, 0.15) is 0 Å². The van der Waals surface area contributed by atoms with E-state index in [0.29, 0.717) is 11.5 Å². The molecule has 0 heterocycles. The standard InChI is InChI=1S/C15H29NO/c1-15(2)9-8-13(16)14(10-15)17-11-12-6-4-3-5-7-12/h12-14H,3-11,16H2,1-2H3. The summed E-state index contributed by atoms with van der Waals surface area (Å²) in [5, 5.41) is 0. The van der Waals surface area contributed by atoms with Gasteiger partial charge in [-0.05, 0) is 43.4 Å². The van der Waals surface area contributed by atoms with Crippen LogP contribution in [0.3, 0.4) is 0 Å². The van der Waals surface area contributed by atoms with Crippen LogP contribution in [0.1, 0.15) is 65.2 Å². The fourth-order valence-electron chi connectivity index (χ4n) is 3.34. The summed E-state index contributed by atoms with van der Waals surface area (Å²) in [6.45, 7) is 5.64. The van der Waals surface area contributed by atoms with Crippen LogP contribution in [0, 0.1) is 11.3 Å². The van der Waals surface area contributed by atoms with Crippen molar-refractivity contribution >= 4 is 0 Å². The summed E-state index contributed by atoms with van der Waals surface area (Å²) in [6, 6.07) is 0.270. The van der Waals surface area contributed by atoms with Crippen molar-refractivity contribution in [3.05, 3.63) is 0 Å². The van der Waals surface area contributed by atoms with Gasteiger partial charge in [0.2, 0.25) is 0 Å². The lowest BCUT2D eigenvalue weighted by Crippen LogP contribution is -2.45. The fraction of sp³-hybridized carbons (Fsp3) is 1.00. The Bertz CT molecular complexity index is 233. The molecule has 17 heavy (non-hydrogen) atoms. The van der Waals surface area contributed by atoms with Crippen molar-refractivity contribution in [3.8, 4) is 0 Å². The smallest absolute Gasteiger partial charge is 0.0731 e. The third-order valence-corrected chi connectivity index (χ3v) is 4.66. The highest BCUT2D eigenvalue weighted by molar-refractivity contribution is 4.88. The Balaban J connectivity index is 1.76. The van der Waals surface area contributed by atoms with Crippen LogP contribution in [0.2, 0.25) is 0 Å². The van der Waals surface area contributed by atoms with E-state index >= 15 is 0 Å². The van der Waals surface area contributed by atoms with Gasteiger partial charge in [-0.15, -0.1) is 0 Å². The van der Waals surface area contributed by atoms with Gasteiger partial charge < -0.3 is 10.5 Å². The Hall–Kier alpha value is -0.0800. The molecular weight excluding hydrogens is 210 g/mol. The van der Waals surface area contributed by atoms with E-state index in [-0.39, 0.29) is 6.04 Å². The number of ether oxygens (including phenoxy) is 1. The zero-order valence-electron chi connectivity index (χ0n) is 11.6. The molecule has 2 fully saturated rings. The monoisotopic (exact) mass is 239 g/mol. The lowest BCUT2D eigenvalue weighted by atomic mass is 9.74. The first kappa shape index (κ1) is 13.4. The Morgan fingerprint density at radius 1 is 1.12 bits per heavy atom. The molecule has 0 spiro atoms. The summed E-state index contributed by atoms with van der Waals surface area (Å²) < 4.78 is 6.15. The van der Waals surface area contributed by atoms with E-state index in [1.807, 2.05) is 0 Å². The molecule has 0 bridgehead atoms. The quantitative estimate of drug-likeness (QED) is 0.818. The van der Waals surface area contributed by atoms with Gasteiger partial charge in [-0.2, -0.15) is 0 Å². The van der Waals surface area contributed by atoms with Crippen LogP contribution in [0.25, 0.3) is 0 Å². The normalized spacial score (nSPS) is 34.8. The molecule has 0 aromatic rings. The SMILES string of the molecule is CC1(C)CCC(N)C(OCC2CCCCC2)C1. The molecule has 2 heteroatoms. The predicted octanol–water partition coefficient (Wildman–Crippen LogP) is 3.49. The van der Waals surface area contributed by atoms with Crippen LogP contribution >= 0.6 is 0 Å². The van der Waals surface area contributed by atoms with Gasteiger partial charge in [0, 0.05) is 12.6 Å². The summed E-state index contributed by atoms with van der Waals surface area (Å²) >= 11 is 0. The second-order valence-electron chi connectivity index (χ2n) is 6.95. The highest BCUT2D eigenvalue weighted by Gasteiger charge is 2.34. The van der Waals surface area contributed by atoms with Crippen LogP contribution in [0.4, 0.5) is 0 Å². The molecule has 0 saturated heterocycles. The number of hydrogen-bond donors (Lipinski definition) is 1. The highest BCUT2D eigenvalue weighted by Crippen LogP contribution is 2.36. The summed E-state index contributed by atoms with van der Waals surface area (Å²) in [5.41, 5.74) is 6.61. The van der Waals surface area contributed by atoms with E-state index in [4.69, 9.17) is 10.5 Å². The first-order chi connectivity index (χ1) is 8.07. The van der Waals surface area contributed by atoms with E-state index in [9.17, 15) is 0 Å². The molecule has 2 aliphatic rings. The zero-order valence-corrected chi connectivity index (χ0v) is 11.6. The van der Waals surface area contributed by atoms with Crippen LogP contribution < -0.4 is 5.73 Å². The van der Waals surface area contributed by atoms with Crippen molar-refractivity contribution < 1.29 is 4.74 Å². The average Bonchev–Trinajstić information content (AvgIpc) is 2.32. The molecular formula is C15H29NO. The molecule has 2 saturated carbocycles. The van der Waals surface area contributed by atoms with E-state index in [1.165, 1.54) is 38.5 Å². The zero-order chi connectivity index (χ0) is 12.3. The minimum absolute atomic E-state index is 0.270. The molecule has 2 N–H and O–H groups in total. The first-order valence-corrected chi connectivity index (χ1v) is 7.44. The maximum atomic E-state index is 6.19. The number of rotatable bonds is 3. The Morgan fingerprint density at radius 3 is 2.53 bits per heavy atom. The topological polar surface area (TPSA) is 35.2 Å². The second kappa shape index (κ2) is 5.71. The van der Waals surface area contributed by atoms with Crippen LogP contribution in [0.15, 0.2) is 0 Å². The average molecular weight is 239 g/mol. The molecule has 2 rings (SSSR count). The summed E-state index contributed by atoms with van der Waals surface area (Å²) in [6.07, 6.45) is 10.8. The Kier molecular flexibility index (Phi) is 4.48. The van der Waals surface area contributed by atoms with Crippen molar-refractivity contribution in [2.24, 2.45) is 17.1 Å². The van der Waals surface area contributed by atoms with Gasteiger partial charge in [-0.25, -0.2) is 0 Å². The largest absolute Gasteiger partial charge is 0.376 e. The predicted molar refractivity (Wildman–Crippen MR) is 71.9 cm³/mol. The van der Waals surface area contributed by atoms with E-state index in [0.717, 1.165) is 25.4 Å². The van der Waals surface area contributed by atoms with Gasteiger partial charge in [0.25, 0.3) is 0 Å². The second-order valence-corrected chi connectivity index (χ2v) is 6.95. The molecule has 2 atom stereocenters. The van der Waals surface area contributed by atoms with Gasteiger partial charge in [-0.1, -0.05) is 33.1 Å². The van der Waals surface area contributed by atoms with E-state index < -0.39 is 0 Å². The molecule has 2 aliphatic carbocycles. The van der Waals surface area contributed by atoms with Crippen molar-refractivity contribution in [2.75, 3.05) is 6.61 Å². The van der Waals surface area contributed by atoms with E-state index in [2.05, 4.69) is 13.8 Å². The maximum Gasteiger partial charge on any atom is 0.0731 e. The van der Waals surface area contributed by atoms with Crippen molar-refractivity contribution in [1.82, 2.24) is 0 Å². The van der Waals surface area contributed by atoms with Crippen LogP contribution in [-0.4, -0.2) is 18.8 Å². The van der Waals surface area contributed by atoms with Gasteiger partial charge in [0.05, 0.1) is 6.10 Å². The number of nitrogens with two attached hydrogens (primary N) is 1. The first-order valence-electron chi connectivity index (χ1n) is 7.44. The highest BCUT2D eigenvalue weighted by atomic mass is 16.5. The molecule has 0 aliphatic heterocycles. The summed E-state index contributed by atoms with van der Waals surface area (Å²) in [4.78, 5) is 0. The molecule has 0 amide bonds. The molecule has 2 unspecified atom stereocenters. The van der Waals surface area contributed by atoms with Crippen molar-refractivity contribution in [2.45, 2.75) is 77.4 Å². The molecule has 100 valence electrons. The van der Waals surface area contributed by atoms with Crippen LogP contribution in [-0.2, 0) is 4.74 Å².